The summed E-state index contributed by atoms with van der Waals surface area (Å²) in [5, 5.41) is 0. The molecule has 25 heavy (non-hydrogen) atoms. The second-order valence-corrected chi connectivity index (χ2v) is 7.77. The maximum atomic E-state index is 12.7. The first kappa shape index (κ1) is 19.3. The molecule has 2 rings (SSSR count). The van der Waals surface area contributed by atoms with Gasteiger partial charge in [0.05, 0.1) is 25.6 Å². The van der Waals surface area contributed by atoms with E-state index in [-0.39, 0.29) is 29.9 Å². The number of fused-ring (bicyclic) bond motifs is 1. The zero-order valence-corrected chi connectivity index (χ0v) is 16.0. The molecule has 0 radical (unpaired) electrons. The molecule has 1 aliphatic carbocycles. The molecule has 2 aliphatic rings. The number of amides is 1. The summed E-state index contributed by atoms with van der Waals surface area (Å²) in [6.45, 7) is 10.5. The Bertz CT molecular complexity index is 585. The Balaban J connectivity index is 2.31. The summed E-state index contributed by atoms with van der Waals surface area (Å²) in [6.07, 6.45) is 4.01. The van der Waals surface area contributed by atoms with E-state index in [0.717, 1.165) is 5.57 Å². The van der Waals surface area contributed by atoms with Crippen LogP contribution < -0.4 is 0 Å². The molecule has 140 valence electrons. The number of allylic oxidation sites excluding steroid dienone is 1. The lowest BCUT2D eigenvalue weighted by atomic mass is 9.86. The van der Waals surface area contributed by atoms with Crippen molar-refractivity contribution in [3.8, 4) is 0 Å². The van der Waals surface area contributed by atoms with Gasteiger partial charge in [-0.15, -0.1) is 0 Å². The van der Waals surface area contributed by atoms with E-state index in [1.54, 1.807) is 4.90 Å². The van der Waals surface area contributed by atoms with Crippen LogP contribution in [0, 0.1) is 11.8 Å². The molecule has 1 unspecified atom stereocenters. The highest BCUT2D eigenvalue weighted by Crippen LogP contribution is 2.34. The normalized spacial score (nSPS) is 23.7. The molecule has 0 aromatic carbocycles. The smallest absolute Gasteiger partial charge is 0.410 e. The summed E-state index contributed by atoms with van der Waals surface area (Å²) in [4.78, 5) is 26.3. The van der Waals surface area contributed by atoms with E-state index in [2.05, 4.69) is 13.8 Å². The van der Waals surface area contributed by atoms with Crippen molar-refractivity contribution in [2.75, 3.05) is 20.3 Å². The minimum atomic E-state index is -0.554. The summed E-state index contributed by atoms with van der Waals surface area (Å²) >= 11 is 0. The third kappa shape index (κ3) is 4.55. The molecular weight excluding hydrogens is 322 g/mol. The molecular formula is C19H29NO5. The van der Waals surface area contributed by atoms with Gasteiger partial charge in [0.2, 0.25) is 0 Å². The maximum absolute atomic E-state index is 12.7. The van der Waals surface area contributed by atoms with Crippen LogP contribution in [0.4, 0.5) is 4.79 Å². The van der Waals surface area contributed by atoms with Gasteiger partial charge in [-0.2, -0.15) is 0 Å². The molecule has 0 aromatic rings. The van der Waals surface area contributed by atoms with E-state index in [4.69, 9.17) is 14.2 Å². The third-order valence-electron chi connectivity index (χ3n) is 4.24. The maximum Gasteiger partial charge on any atom is 0.410 e. The Morgan fingerprint density at radius 1 is 1.32 bits per heavy atom. The van der Waals surface area contributed by atoms with Crippen LogP contribution in [-0.4, -0.2) is 48.9 Å². The molecule has 6 nitrogen and oxygen atoms in total. The van der Waals surface area contributed by atoms with Crippen LogP contribution in [0.25, 0.3) is 0 Å². The van der Waals surface area contributed by atoms with Gasteiger partial charge in [-0.05, 0) is 39.2 Å². The van der Waals surface area contributed by atoms with E-state index in [1.807, 2.05) is 32.9 Å². The fourth-order valence-corrected chi connectivity index (χ4v) is 3.22. The number of carbonyl (C=O) groups excluding carboxylic acids is 2. The molecule has 0 N–H and O–H groups in total. The van der Waals surface area contributed by atoms with E-state index in [0.29, 0.717) is 25.3 Å². The molecule has 2 atom stereocenters. The first-order valence-corrected chi connectivity index (χ1v) is 8.76. The van der Waals surface area contributed by atoms with Crippen molar-refractivity contribution in [1.29, 1.82) is 0 Å². The van der Waals surface area contributed by atoms with Crippen molar-refractivity contribution in [1.82, 2.24) is 4.90 Å². The van der Waals surface area contributed by atoms with Crippen LogP contribution in [0.3, 0.4) is 0 Å². The highest BCUT2D eigenvalue weighted by Gasteiger charge is 2.38. The van der Waals surface area contributed by atoms with Gasteiger partial charge < -0.3 is 14.2 Å². The first-order chi connectivity index (χ1) is 11.6. The lowest BCUT2D eigenvalue weighted by Crippen LogP contribution is -2.47. The quantitative estimate of drug-likeness (QED) is 0.714. The number of rotatable bonds is 2. The van der Waals surface area contributed by atoms with Gasteiger partial charge in [-0.1, -0.05) is 19.9 Å². The average molecular weight is 351 g/mol. The van der Waals surface area contributed by atoms with Gasteiger partial charge in [0.25, 0.3) is 0 Å². The Morgan fingerprint density at radius 2 is 2.00 bits per heavy atom. The Hall–Kier alpha value is -1.98. The fourth-order valence-electron chi connectivity index (χ4n) is 3.22. The number of esters is 1. The van der Waals surface area contributed by atoms with E-state index in [1.165, 1.54) is 7.11 Å². The van der Waals surface area contributed by atoms with Crippen LogP contribution in [0.2, 0.25) is 0 Å². The topological polar surface area (TPSA) is 65.1 Å². The van der Waals surface area contributed by atoms with Gasteiger partial charge in [-0.25, -0.2) is 4.79 Å². The van der Waals surface area contributed by atoms with Gasteiger partial charge in [0.1, 0.15) is 18.0 Å². The summed E-state index contributed by atoms with van der Waals surface area (Å²) in [5.74, 6) is 0.232. The molecule has 0 bridgehead atoms. The fraction of sp³-hybridized carbons (Fsp3) is 0.684. The molecule has 1 amide bonds. The van der Waals surface area contributed by atoms with Crippen LogP contribution >= 0.6 is 0 Å². The Kier molecular flexibility index (Phi) is 5.80. The predicted molar refractivity (Wildman–Crippen MR) is 93.8 cm³/mol. The largest absolute Gasteiger partial charge is 0.492 e. The van der Waals surface area contributed by atoms with Crippen molar-refractivity contribution in [2.24, 2.45) is 11.8 Å². The zero-order valence-electron chi connectivity index (χ0n) is 16.0. The van der Waals surface area contributed by atoms with E-state index < -0.39 is 5.60 Å². The third-order valence-corrected chi connectivity index (χ3v) is 4.24. The van der Waals surface area contributed by atoms with Gasteiger partial charge >= 0.3 is 12.1 Å². The zero-order chi connectivity index (χ0) is 18.8. The Labute approximate surface area is 149 Å². The van der Waals surface area contributed by atoms with Crippen molar-refractivity contribution in [2.45, 2.75) is 52.7 Å². The highest BCUT2D eigenvalue weighted by atomic mass is 16.6. The molecule has 0 spiro atoms. The van der Waals surface area contributed by atoms with Gasteiger partial charge in [-0.3, -0.25) is 9.69 Å². The van der Waals surface area contributed by atoms with Gasteiger partial charge in [0.15, 0.2) is 0 Å². The summed E-state index contributed by atoms with van der Waals surface area (Å²) in [6, 6.07) is -0.151. The van der Waals surface area contributed by atoms with Gasteiger partial charge in [0, 0.05) is 5.57 Å². The molecule has 0 aromatic heterocycles. The first-order valence-electron chi connectivity index (χ1n) is 8.76. The predicted octanol–water partition coefficient (Wildman–Crippen LogP) is 3.28. The lowest BCUT2D eigenvalue weighted by Gasteiger charge is -2.35. The second kappa shape index (κ2) is 7.50. The number of carbonyl (C=O) groups is 2. The average Bonchev–Trinajstić information content (AvgIpc) is 2.71. The SMILES string of the molecule is COC(=O)C1C=C2OCCN(C(=O)OC(C)(C)C)[C@@H](C(C)C)C2=CC1. The molecule has 1 aliphatic heterocycles. The summed E-state index contributed by atoms with van der Waals surface area (Å²) in [7, 11) is 1.38. The number of nitrogens with zero attached hydrogens (tertiary/aromatic N) is 1. The minimum absolute atomic E-state index is 0.151. The van der Waals surface area contributed by atoms with Crippen LogP contribution in [-0.2, 0) is 19.0 Å². The molecule has 6 heteroatoms. The number of hydrogen-bond donors (Lipinski definition) is 0. The number of methoxy groups -OCH3 is 1. The van der Waals surface area contributed by atoms with Crippen LogP contribution in [0.1, 0.15) is 41.0 Å². The summed E-state index contributed by atoms with van der Waals surface area (Å²) in [5.41, 5.74) is 0.389. The number of ether oxygens (including phenoxy) is 3. The molecule has 1 heterocycles. The van der Waals surface area contributed by atoms with Crippen LogP contribution in [0.5, 0.6) is 0 Å². The second-order valence-electron chi connectivity index (χ2n) is 7.77. The standard InChI is InChI=1S/C19H29NO5/c1-12(2)16-14-8-7-13(17(21)23-6)11-15(14)24-10-9-20(16)18(22)25-19(3,4)5/h8,11-13,16H,7,9-10H2,1-6H3/t13?,16-/m0/s1. The van der Waals surface area contributed by atoms with E-state index >= 15 is 0 Å². The lowest BCUT2D eigenvalue weighted by molar-refractivity contribution is -0.143. The minimum Gasteiger partial charge on any atom is -0.492 e. The summed E-state index contributed by atoms with van der Waals surface area (Å²) < 4.78 is 16.3. The van der Waals surface area contributed by atoms with Crippen LogP contribution in [0.15, 0.2) is 23.5 Å². The van der Waals surface area contributed by atoms with Crippen molar-refractivity contribution < 1.29 is 23.8 Å². The Morgan fingerprint density at radius 3 is 2.56 bits per heavy atom. The molecule has 1 fully saturated rings. The van der Waals surface area contributed by atoms with Crippen molar-refractivity contribution in [3.63, 3.8) is 0 Å². The monoisotopic (exact) mass is 351 g/mol. The van der Waals surface area contributed by atoms with Crippen molar-refractivity contribution >= 4 is 12.1 Å². The molecule has 0 saturated carbocycles. The molecule has 1 saturated heterocycles. The number of hydrogen-bond acceptors (Lipinski definition) is 5. The van der Waals surface area contributed by atoms with E-state index in [9.17, 15) is 9.59 Å². The highest BCUT2D eigenvalue weighted by molar-refractivity contribution is 5.76. The van der Waals surface area contributed by atoms with Crippen molar-refractivity contribution in [3.05, 3.63) is 23.5 Å².